The molecule has 1 amide bonds. The van der Waals surface area contributed by atoms with Crippen LogP contribution in [-0.4, -0.2) is 24.9 Å². The van der Waals surface area contributed by atoms with E-state index in [2.05, 4.69) is 15.9 Å². The third-order valence-electron chi connectivity index (χ3n) is 1.57. The van der Waals surface area contributed by atoms with Crippen LogP contribution in [0.4, 0.5) is 4.39 Å². The third-order valence-corrected chi connectivity index (χ3v) is 2.18. The lowest BCUT2D eigenvalue weighted by molar-refractivity contribution is 0.0827. The van der Waals surface area contributed by atoms with E-state index in [1.54, 1.807) is 14.1 Å². The van der Waals surface area contributed by atoms with Gasteiger partial charge in [-0.1, -0.05) is 0 Å². The molecule has 0 spiro atoms. The fraction of sp³-hybridized carbons (Fsp3) is 0.222. The molecule has 0 unspecified atom stereocenters. The van der Waals surface area contributed by atoms with Crippen molar-refractivity contribution in [2.75, 3.05) is 14.1 Å². The fourth-order valence-corrected chi connectivity index (χ4v) is 1.27. The number of amides is 1. The summed E-state index contributed by atoms with van der Waals surface area (Å²) in [6.45, 7) is 0. The summed E-state index contributed by atoms with van der Waals surface area (Å²) >= 11 is 3.02. The zero-order chi connectivity index (χ0) is 10.0. The predicted octanol–water partition coefficient (Wildman–Crippen LogP) is 2.29. The van der Waals surface area contributed by atoms with Gasteiger partial charge in [0.25, 0.3) is 5.91 Å². The van der Waals surface area contributed by atoms with Crippen LogP contribution in [0.1, 0.15) is 10.4 Å². The molecule has 2 nitrogen and oxygen atoms in total. The number of carbonyl (C=O) groups excluding carboxylic acids is 1. The van der Waals surface area contributed by atoms with Gasteiger partial charge in [0.2, 0.25) is 0 Å². The molecule has 70 valence electrons. The summed E-state index contributed by atoms with van der Waals surface area (Å²) in [5, 5.41) is 0. The van der Waals surface area contributed by atoms with Gasteiger partial charge in [-0.05, 0) is 34.1 Å². The van der Waals surface area contributed by atoms with Crippen LogP contribution in [0.15, 0.2) is 22.7 Å². The molecule has 0 N–H and O–H groups in total. The van der Waals surface area contributed by atoms with E-state index in [-0.39, 0.29) is 11.7 Å². The molecule has 0 radical (unpaired) electrons. The molecule has 1 aromatic rings. The largest absolute Gasteiger partial charge is 0.345 e. The molecule has 0 saturated heterocycles. The van der Waals surface area contributed by atoms with Crippen molar-refractivity contribution in [2.45, 2.75) is 0 Å². The lowest BCUT2D eigenvalue weighted by Gasteiger charge is -2.10. The summed E-state index contributed by atoms with van der Waals surface area (Å²) in [6.07, 6.45) is 0. The molecule has 0 aromatic heterocycles. The number of nitrogens with zero attached hydrogens (tertiary/aromatic N) is 1. The van der Waals surface area contributed by atoms with Gasteiger partial charge in [-0.15, -0.1) is 0 Å². The van der Waals surface area contributed by atoms with Crippen LogP contribution in [-0.2, 0) is 0 Å². The van der Waals surface area contributed by atoms with Crippen LogP contribution in [0, 0.1) is 5.82 Å². The van der Waals surface area contributed by atoms with Crippen LogP contribution < -0.4 is 0 Å². The minimum Gasteiger partial charge on any atom is -0.345 e. The van der Waals surface area contributed by atoms with Gasteiger partial charge in [-0.3, -0.25) is 4.79 Å². The summed E-state index contributed by atoms with van der Waals surface area (Å²) in [5.74, 6) is -0.504. The van der Waals surface area contributed by atoms with E-state index in [0.717, 1.165) is 0 Å². The zero-order valence-electron chi connectivity index (χ0n) is 7.34. The van der Waals surface area contributed by atoms with Crippen molar-refractivity contribution in [2.24, 2.45) is 0 Å². The van der Waals surface area contributed by atoms with Crippen molar-refractivity contribution in [3.05, 3.63) is 34.1 Å². The maximum Gasteiger partial charge on any atom is 0.253 e. The minimum absolute atomic E-state index is 0.138. The molecule has 0 bridgehead atoms. The van der Waals surface area contributed by atoms with Crippen molar-refractivity contribution in [3.8, 4) is 0 Å². The lowest BCUT2D eigenvalue weighted by Crippen LogP contribution is -2.21. The van der Waals surface area contributed by atoms with Crippen LogP contribution in [0.5, 0.6) is 0 Å². The highest BCUT2D eigenvalue weighted by atomic mass is 79.9. The smallest absolute Gasteiger partial charge is 0.253 e. The molecular weight excluding hydrogens is 237 g/mol. The highest BCUT2D eigenvalue weighted by Gasteiger charge is 2.09. The molecule has 0 aliphatic carbocycles. The molecule has 13 heavy (non-hydrogen) atoms. The Balaban J connectivity index is 3.04. The summed E-state index contributed by atoms with van der Waals surface area (Å²) in [5.41, 5.74) is 0.471. The highest BCUT2D eigenvalue weighted by molar-refractivity contribution is 9.10. The first-order valence-corrected chi connectivity index (χ1v) is 4.48. The van der Waals surface area contributed by atoms with Gasteiger partial charge in [0.05, 0.1) is 4.47 Å². The number of hydrogen-bond donors (Lipinski definition) is 0. The zero-order valence-corrected chi connectivity index (χ0v) is 8.93. The van der Waals surface area contributed by atoms with Gasteiger partial charge in [-0.2, -0.15) is 0 Å². The standard InChI is InChI=1S/C9H9BrFNO/c1-12(2)9(13)6-3-4-8(11)7(10)5-6/h3-5H,1-2H3. The Labute approximate surface area is 84.5 Å². The van der Waals surface area contributed by atoms with Gasteiger partial charge in [-0.25, -0.2) is 4.39 Å². The summed E-state index contributed by atoms with van der Waals surface area (Å²) in [7, 11) is 3.30. The van der Waals surface area contributed by atoms with Crippen LogP contribution >= 0.6 is 15.9 Å². The minimum atomic E-state index is -0.365. The number of benzene rings is 1. The van der Waals surface area contributed by atoms with E-state index in [0.29, 0.717) is 10.0 Å². The molecule has 1 aromatic carbocycles. The quantitative estimate of drug-likeness (QED) is 0.744. The fourth-order valence-electron chi connectivity index (χ4n) is 0.887. The predicted molar refractivity (Wildman–Crippen MR) is 52.1 cm³/mol. The molecule has 0 heterocycles. The van der Waals surface area contributed by atoms with E-state index in [1.165, 1.54) is 23.1 Å². The van der Waals surface area contributed by atoms with E-state index < -0.39 is 0 Å². The highest BCUT2D eigenvalue weighted by Crippen LogP contribution is 2.17. The Bertz CT molecular complexity index is 338. The molecule has 4 heteroatoms. The Hall–Kier alpha value is -0.900. The van der Waals surface area contributed by atoms with Crippen molar-refractivity contribution in [1.29, 1.82) is 0 Å². The van der Waals surface area contributed by atoms with Gasteiger partial charge in [0.1, 0.15) is 5.82 Å². The molecule has 0 aliphatic heterocycles. The number of carbonyl (C=O) groups is 1. The SMILES string of the molecule is CN(C)C(=O)c1ccc(F)c(Br)c1. The first kappa shape index (κ1) is 10.2. The Kier molecular flexibility index (Phi) is 3.03. The maximum atomic E-state index is 12.8. The molecule has 0 fully saturated rings. The number of rotatable bonds is 1. The summed E-state index contributed by atoms with van der Waals surface area (Å²) in [6, 6.07) is 4.20. The van der Waals surface area contributed by atoms with Crippen LogP contribution in [0.2, 0.25) is 0 Å². The summed E-state index contributed by atoms with van der Waals surface area (Å²) < 4.78 is 13.1. The van der Waals surface area contributed by atoms with E-state index in [1.807, 2.05) is 0 Å². The molecular formula is C9H9BrFNO. The van der Waals surface area contributed by atoms with Crippen LogP contribution in [0.25, 0.3) is 0 Å². The van der Waals surface area contributed by atoms with E-state index in [9.17, 15) is 9.18 Å². The second kappa shape index (κ2) is 3.87. The Morgan fingerprint density at radius 1 is 1.46 bits per heavy atom. The molecule has 1 rings (SSSR count). The van der Waals surface area contributed by atoms with Crippen molar-refractivity contribution in [3.63, 3.8) is 0 Å². The van der Waals surface area contributed by atoms with Gasteiger partial charge < -0.3 is 4.90 Å². The van der Waals surface area contributed by atoms with Crippen molar-refractivity contribution >= 4 is 21.8 Å². The average Bonchev–Trinajstić information content (AvgIpc) is 2.08. The first-order valence-electron chi connectivity index (χ1n) is 3.69. The molecule has 0 aliphatic rings. The number of hydrogen-bond acceptors (Lipinski definition) is 1. The van der Waals surface area contributed by atoms with Crippen molar-refractivity contribution < 1.29 is 9.18 Å². The first-order chi connectivity index (χ1) is 6.02. The second-order valence-corrected chi connectivity index (χ2v) is 3.68. The van der Waals surface area contributed by atoms with Crippen molar-refractivity contribution in [1.82, 2.24) is 4.90 Å². The van der Waals surface area contributed by atoms with Crippen LogP contribution in [0.3, 0.4) is 0 Å². The van der Waals surface area contributed by atoms with Gasteiger partial charge in [0.15, 0.2) is 0 Å². The average molecular weight is 246 g/mol. The third kappa shape index (κ3) is 2.28. The second-order valence-electron chi connectivity index (χ2n) is 2.83. The number of halogens is 2. The topological polar surface area (TPSA) is 20.3 Å². The van der Waals surface area contributed by atoms with E-state index in [4.69, 9.17) is 0 Å². The van der Waals surface area contributed by atoms with Gasteiger partial charge >= 0.3 is 0 Å². The van der Waals surface area contributed by atoms with E-state index >= 15 is 0 Å². The Morgan fingerprint density at radius 2 is 2.08 bits per heavy atom. The van der Waals surface area contributed by atoms with Gasteiger partial charge in [0, 0.05) is 19.7 Å². The monoisotopic (exact) mass is 245 g/mol. The molecule has 0 atom stereocenters. The lowest BCUT2D eigenvalue weighted by atomic mass is 10.2. The maximum absolute atomic E-state index is 12.8. The molecule has 0 saturated carbocycles. The normalized spacial score (nSPS) is 9.85. The summed E-state index contributed by atoms with van der Waals surface area (Å²) in [4.78, 5) is 12.8. The Morgan fingerprint density at radius 3 is 2.54 bits per heavy atom.